The van der Waals surface area contributed by atoms with Gasteiger partial charge in [-0.25, -0.2) is 0 Å². The Morgan fingerprint density at radius 2 is 2.00 bits per heavy atom. The summed E-state index contributed by atoms with van der Waals surface area (Å²) in [6, 6.07) is 15.3. The van der Waals surface area contributed by atoms with Crippen molar-refractivity contribution in [3.63, 3.8) is 0 Å². The van der Waals surface area contributed by atoms with Gasteiger partial charge in [-0.15, -0.1) is 6.42 Å². The molecule has 0 bridgehead atoms. The monoisotopic (exact) mass is 235 g/mol. The van der Waals surface area contributed by atoms with Crippen molar-refractivity contribution in [2.45, 2.75) is 0 Å². The van der Waals surface area contributed by atoms with Gasteiger partial charge < -0.3 is 4.74 Å². The number of methoxy groups -OCH3 is 1. The molecule has 0 aliphatic carbocycles. The first-order chi connectivity index (χ1) is 8.81. The van der Waals surface area contributed by atoms with E-state index in [1.54, 1.807) is 13.3 Å². The fourth-order valence-corrected chi connectivity index (χ4v) is 1.55. The number of aliphatic imine (C=N–C) groups is 1. The number of nitrogens with zero attached hydrogens (tertiary/aromatic N) is 1. The minimum absolute atomic E-state index is 0.816. The lowest BCUT2D eigenvalue weighted by molar-refractivity contribution is 0.415. The zero-order valence-electron chi connectivity index (χ0n) is 10.1. The van der Waals surface area contributed by atoms with Crippen LogP contribution in [0.2, 0.25) is 0 Å². The van der Waals surface area contributed by atoms with Crippen LogP contribution < -0.4 is 4.74 Å². The van der Waals surface area contributed by atoms with Crippen molar-refractivity contribution >= 4 is 11.9 Å². The standard InChI is InChI=1S/C16H13NO/c1-3-13-6-4-8-15(10-13)17-12-14-7-5-9-16(11-14)18-2/h1,4-12H,2H3. The number of terminal acetylenes is 1. The zero-order chi connectivity index (χ0) is 12.8. The first-order valence-corrected chi connectivity index (χ1v) is 5.56. The Labute approximate surface area is 107 Å². The van der Waals surface area contributed by atoms with E-state index in [-0.39, 0.29) is 0 Å². The predicted octanol–water partition coefficient (Wildman–Crippen LogP) is 3.43. The summed E-state index contributed by atoms with van der Waals surface area (Å²) < 4.78 is 5.16. The Morgan fingerprint density at radius 1 is 1.17 bits per heavy atom. The van der Waals surface area contributed by atoms with Crippen molar-refractivity contribution in [3.05, 3.63) is 59.7 Å². The summed E-state index contributed by atoms with van der Waals surface area (Å²) in [7, 11) is 1.65. The van der Waals surface area contributed by atoms with Crippen LogP contribution in [0.4, 0.5) is 5.69 Å². The highest BCUT2D eigenvalue weighted by atomic mass is 16.5. The minimum atomic E-state index is 0.816. The van der Waals surface area contributed by atoms with E-state index in [0.29, 0.717) is 0 Å². The Balaban J connectivity index is 2.21. The molecular weight excluding hydrogens is 222 g/mol. The molecule has 0 aliphatic rings. The van der Waals surface area contributed by atoms with Gasteiger partial charge in [0.2, 0.25) is 0 Å². The smallest absolute Gasteiger partial charge is 0.119 e. The molecule has 0 spiro atoms. The fourth-order valence-electron chi connectivity index (χ4n) is 1.55. The third-order valence-electron chi connectivity index (χ3n) is 2.47. The Bertz CT molecular complexity index is 608. The van der Waals surface area contributed by atoms with Crippen LogP contribution in [0.25, 0.3) is 0 Å². The molecule has 2 rings (SSSR count). The van der Waals surface area contributed by atoms with Gasteiger partial charge in [-0.3, -0.25) is 4.99 Å². The second-order valence-electron chi connectivity index (χ2n) is 3.73. The van der Waals surface area contributed by atoms with Gasteiger partial charge in [0, 0.05) is 11.8 Å². The van der Waals surface area contributed by atoms with E-state index in [2.05, 4.69) is 10.9 Å². The molecule has 0 heterocycles. The van der Waals surface area contributed by atoms with Gasteiger partial charge in [0.25, 0.3) is 0 Å². The molecule has 88 valence electrons. The molecule has 0 atom stereocenters. The number of ether oxygens (including phenoxy) is 1. The summed E-state index contributed by atoms with van der Waals surface area (Å²) in [5, 5.41) is 0. The summed E-state index contributed by atoms with van der Waals surface area (Å²) in [6.45, 7) is 0. The lowest BCUT2D eigenvalue weighted by Crippen LogP contribution is -1.85. The van der Waals surface area contributed by atoms with Crippen molar-refractivity contribution in [2.24, 2.45) is 4.99 Å². The first-order valence-electron chi connectivity index (χ1n) is 5.56. The van der Waals surface area contributed by atoms with Crippen molar-refractivity contribution in [2.75, 3.05) is 7.11 Å². The lowest BCUT2D eigenvalue weighted by Gasteiger charge is -2.00. The molecule has 0 amide bonds. The third kappa shape index (κ3) is 2.99. The van der Waals surface area contributed by atoms with Crippen LogP contribution in [0.3, 0.4) is 0 Å². The molecular formula is C16H13NO. The summed E-state index contributed by atoms with van der Waals surface area (Å²) in [4.78, 5) is 4.38. The van der Waals surface area contributed by atoms with Gasteiger partial charge in [0.15, 0.2) is 0 Å². The maximum absolute atomic E-state index is 5.35. The largest absolute Gasteiger partial charge is 0.497 e. The molecule has 18 heavy (non-hydrogen) atoms. The first kappa shape index (κ1) is 11.9. The lowest BCUT2D eigenvalue weighted by atomic mass is 10.2. The normalized spacial score (nSPS) is 10.2. The fraction of sp³-hybridized carbons (Fsp3) is 0.0625. The van der Waals surface area contributed by atoms with Gasteiger partial charge in [-0.1, -0.05) is 24.1 Å². The molecule has 0 fully saturated rings. The van der Waals surface area contributed by atoms with Crippen LogP contribution in [0, 0.1) is 12.3 Å². The molecule has 2 nitrogen and oxygen atoms in total. The molecule has 0 unspecified atom stereocenters. The molecule has 0 saturated heterocycles. The highest BCUT2D eigenvalue weighted by molar-refractivity contribution is 5.82. The van der Waals surface area contributed by atoms with E-state index in [9.17, 15) is 0 Å². The quantitative estimate of drug-likeness (QED) is 0.590. The van der Waals surface area contributed by atoms with Gasteiger partial charge in [0.05, 0.1) is 12.8 Å². The highest BCUT2D eigenvalue weighted by Gasteiger charge is 1.93. The van der Waals surface area contributed by atoms with Crippen molar-refractivity contribution in [3.8, 4) is 18.1 Å². The Hall–Kier alpha value is -2.53. The minimum Gasteiger partial charge on any atom is -0.497 e. The number of rotatable bonds is 3. The predicted molar refractivity (Wildman–Crippen MR) is 74.6 cm³/mol. The molecule has 0 aliphatic heterocycles. The van der Waals surface area contributed by atoms with Crippen LogP contribution in [-0.4, -0.2) is 13.3 Å². The van der Waals surface area contributed by atoms with E-state index in [4.69, 9.17) is 11.2 Å². The molecule has 0 aromatic heterocycles. The van der Waals surface area contributed by atoms with E-state index >= 15 is 0 Å². The van der Waals surface area contributed by atoms with Crippen LogP contribution in [0.1, 0.15) is 11.1 Å². The summed E-state index contributed by atoms with van der Waals surface area (Å²) in [5.74, 6) is 3.41. The Morgan fingerprint density at radius 3 is 2.78 bits per heavy atom. The Kier molecular flexibility index (Phi) is 3.78. The number of hydrogen-bond acceptors (Lipinski definition) is 2. The summed E-state index contributed by atoms with van der Waals surface area (Å²) in [5.41, 5.74) is 2.66. The molecule has 0 radical (unpaired) electrons. The van der Waals surface area contributed by atoms with E-state index in [1.165, 1.54) is 0 Å². The maximum atomic E-state index is 5.35. The molecule has 0 saturated carbocycles. The van der Waals surface area contributed by atoms with Crippen LogP contribution in [0.15, 0.2) is 53.5 Å². The van der Waals surface area contributed by atoms with Crippen LogP contribution >= 0.6 is 0 Å². The van der Waals surface area contributed by atoms with Gasteiger partial charge >= 0.3 is 0 Å². The maximum Gasteiger partial charge on any atom is 0.119 e. The van der Waals surface area contributed by atoms with Crippen molar-refractivity contribution in [1.82, 2.24) is 0 Å². The SMILES string of the molecule is C#Cc1cccc(N=Cc2cccc(OC)c2)c1. The van der Waals surface area contributed by atoms with Crippen LogP contribution in [0.5, 0.6) is 5.75 Å². The second-order valence-corrected chi connectivity index (χ2v) is 3.73. The van der Waals surface area contributed by atoms with E-state index in [0.717, 1.165) is 22.6 Å². The third-order valence-corrected chi connectivity index (χ3v) is 2.47. The van der Waals surface area contributed by atoms with Crippen molar-refractivity contribution in [1.29, 1.82) is 0 Å². The molecule has 2 aromatic carbocycles. The second kappa shape index (κ2) is 5.70. The zero-order valence-corrected chi connectivity index (χ0v) is 10.1. The highest BCUT2D eigenvalue weighted by Crippen LogP contribution is 2.15. The topological polar surface area (TPSA) is 21.6 Å². The van der Waals surface area contributed by atoms with Gasteiger partial charge in [-0.2, -0.15) is 0 Å². The molecule has 0 N–H and O–H groups in total. The van der Waals surface area contributed by atoms with E-state index in [1.807, 2.05) is 48.5 Å². The summed E-state index contributed by atoms with van der Waals surface area (Å²) >= 11 is 0. The average Bonchev–Trinajstić information content (AvgIpc) is 2.45. The van der Waals surface area contributed by atoms with Gasteiger partial charge in [0.1, 0.15) is 5.75 Å². The molecule has 2 aromatic rings. The molecule has 2 heteroatoms. The van der Waals surface area contributed by atoms with Gasteiger partial charge in [-0.05, 0) is 35.9 Å². The van der Waals surface area contributed by atoms with E-state index < -0.39 is 0 Å². The number of benzene rings is 2. The average molecular weight is 235 g/mol. The van der Waals surface area contributed by atoms with Crippen molar-refractivity contribution < 1.29 is 4.74 Å². The van der Waals surface area contributed by atoms with Crippen LogP contribution in [-0.2, 0) is 0 Å². The number of hydrogen-bond donors (Lipinski definition) is 0. The summed E-state index contributed by atoms with van der Waals surface area (Å²) in [6.07, 6.45) is 7.14.